The first-order chi connectivity index (χ1) is 7.72. The number of fused-ring (bicyclic) bond motifs is 2. The molecular formula is C15H22O2. The Kier molecular flexibility index (Phi) is 2.69. The molecule has 0 amide bonds. The van der Waals surface area contributed by atoms with Gasteiger partial charge in [-0.15, -0.1) is 6.42 Å². The zero-order chi connectivity index (χ0) is 12.9. The van der Waals surface area contributed by atoms with Gasteiger partial charge in [-0.3, -0.25) is 0 Å². The maximum atomic E-state index is 9.89. The van der Waals surface area contributed by atoms with Crippen LogP contribution in [0.4, 0.5) is 0 Å². The molecule has 0 aliphatic carbocycles. The molecule has 0 aromatic rings. The van der Waals surface area contributed by atoms with E-state index in [-0.39, 0.29) is 11.0 Å². The standard InChI is InChI=1S/C15H22O2/c1-6-14(5,16)7-8-15-11(2)9-12(17-15)10-13(15,3)4/h1,7-8,11-12,16H,9-10H2,2-5H3/b8-7+/t11-,12-,14?,15?/m1/s1. The van der Waals surface area contributed by atoms with Crippen molar-refractivity contribution in [1.29, 1.82) is 0 Å². The predicted molar refractivity (Wildman–Crippen MR) is 68.4 cm³/mol. The van der Waals surface area contributed by atoms with Crippen molar-refractivity contribution in [2.75, 3.05) is 0 Å². The van der Waals surface area contributed by atoms with E-state index < -0.39 is 5.60 Å². The van der Waals surface area contributed by atoms with Crippen molar-refractivity contribution in [3.8, 4) is 12.3 Å². The fourth-order valence-corrected chi connectivity index (χ4v) is 3.45. The molecule has 0 aromatic carbocycles. The minimum Gasteiger partial charge on any atom is -0.374 e. The van der Waals surface area contributed by atoms with E-state index in [9.17, 15) is 5.11 Å². The van der Waals surface area contributed by atoms with Crippen molar-refractivity contribution in [2.24, 2.45) is 11.3 Å². The van der Waals surface area contributed by atoms with E-state index >= 15 is 0 Å². The molecule has 2 rings (SSSR count). The van der Waals surface area contributed by atoms with Gasteiger partial charge >= 0.3 is 0 Å². The molecule has 4 atom stereocenters. The van der Waals surface area contributed by atoms with Crippen molar-refractivity contribution in [3.05, 3.63) is 12.2 Å². The van der Waals surface area contributed by atoms with Crippen LogP contribution in [-0.4, -0.2) is 22.4 Å². The summed E-state index contributed by atoms with van der Waals surface area (Å²) in [6.07, 6.45) is 11.6. The molecule has 2 saturated heterocycles. The first-order valence-corrected chi connectivity index (χ1v) is 6.31. The summed E-state index contributed by atoms with van der Waals surface area (Å²) in [6.45, 7) is 8.31. The smallest absolute Gasteiger partial charge is 0.141 e. The normalized spacial score (nSPS) is 42.6. The second kappa shape index (κ2) is 3.60. The zero-order valence-electron chi connectivity index (χ0n) is 11.2. The third-order valence-electron chi connectivity index (χ3n) is 4.45. The summed E-state index contributed by atoms with van der Waals surface area (Å²) >= 11 is 0. The van der Waals surface area contributed by atoms with Crippen LogP contribution >= 0.6 is 0 Å². The number of terminal acetylenes is 1. The quantitative estimate of drug-likeness (QED) is 0.587. The van der Waals surface area contributed by atoms with E-state index in [1.54, 1.807) is 13.0 Å². The van der Waals surface area contributed by atoms with E-state index in [0.29, 0.717) is 12.0 Å². The summed E-state index contributed by atoms with van der Waals surface area (Å²) in [5.74, 6) is 2.85. The summed E-state index contributed by atoms with van der Waals surface area (Å²) in [5.41, 5.74) is -1.34. The van der Waals surface area contributed by atoms with Crippen LogP contribution in [-0.2, 0) is 4.74 Å². The Morgan fingerprint density at radius 1 is 1.53 bits per heavy atom. The topological polar surface area (TPSA) is 29.5 Å². The Balaban J connectivity index is 2.32. The molecule has 2 heteroatoms. The van der Waals surface area contributed by atoms with Crippen molar-refractivity contribution < 1.29 is 9.84 Å². The molecular weight excluding hydrogens is 212 g/mol. The SMILES string of the molecule is C#CC(C)(O)/C=C/C12O[C@H](C[C@H]1C)CC2(C)C. The van der Waals surface area contributed by atoms with Crippen LogP contribution in [0.15, 0.2) is 12.2 Å². The van der Waals surface area contributed by atoms with Crippen LogP contribution in [0.25, 0.3) is 0 Å². The van der Waals surface area contributed by atoms with E-state index in [4.69, 9.17) is 11.2 Å². The molecule has 2 bridgehead atoms. The van der Waals surface area contributed by atoms with Gasteiger partial charge in [0.2, 0.25) is 0 Å². The van der Waals surface area contributed by atoms with Crippen molar-refractivity contribution in [3.63, 3.8) is 0 Å². The lowest BCUT2D eigenvalue weighted by Crippen LogP contribution is -2.45. The molecule has 2 aliphatic heterocycles. The number of ether oxygens (including phenoxy) is 1. The summed E-state index contributed by atoms with van der Waals surface area (Å²) < 4.78 is 6.16. The summed E-state index contributed by atoms with van der Waals surface area (Å²) in [4.78, 5) is 0. The van der Waals surface area contributed by atoms with Gasteiger partial charge in [0.1, 0.15) is 5.60 Å². The van der Waals surface area contributed by atoms with Gasteiger partial charge in [0.15, 0.2) is 0 Å². The minimum absolute atomic E-state index is 0.108. The highest BCUT2D eigenvalue weighted by Gasteiger charge is 2.60. The van der Waals surface area contributed by atoms with Gasteiger partial charge in [-0.25, -0.2) is 0 Å². The summed E-state index contributed by atoms with van der Waals surface area (Å²) in [5, 5.41) is 9.89. The molecule has 0 saturated carbocycles. The lowest BCUT2D eigenvalue weighted by atomic mass is 9.63. The zero-order valence-corrected chi connectivity index (χ0v) is 11.2. The second-order valence-electron chi connectivity index (χ2n) is 6.38. The fraction of sp³-hybridized carbons (Fsp3) is 0.733. The fourth-order valence-electron chi connectivity index (χ4n) is 3.45. The van der Waals surface area contributed by atoms with E-state index in [0.717, 1.165) is 12.8 Å². The van der Waals surface area contributed by atoms with Gasteiger partial charge in [-0.2, -0.15) is 0 Å². The Morgan fingerprint density at radius 2 is 2.18 bits per heavy atom. The van der Waals surface area contributed by atoms with Crippen LogP contribution in [0.3, 0.4) is 0 Å². The van der Waals surface area contributed by atoms with Crippen LogP contribution in [0.5, 0.6) is 0 Å². The van der Waals surface area contributed by atoms with E-state index in [1.165, 1.54) is 0 Å². The molecule has 2 unspecified atom stereocenters. The van der Waals surface area contributed by atoms with E-state index in [1.807, 2.05) is 6.08 Å². The lowest BCUT2D eigenvalue weighted by molar-refractivity contribution is -0.0182. The van der Waals surface area contributed by atoms with Gasteiger partial charge in [0.05, 0.1) is 11.7 Å². The molecule has 0 spiro atoms. The summed E-state index contributed by atoms with van der Waals surface area (Å²) in [7, 11) is 0. The van der Waals surface area contributed by atoms with Crippen molar-refractivity contribution >= 4 is 0 Å². The Hall–Kier alpha value is -0.780. The van der Waals surface area contributed by atoms with Crippen molar-refractivity contribution in [1.82, 2.24) is 0 Å². The van der Waals surface area contributed by atoms with Crippen LogP contribution < -0.4 is 0 Å². The third kappa shape index (κ3) is 1.82. The molecule has 2 heterocycles. The second-order valence-corrected chi connectivity index (χ2v) is 6.38. The highest BCUT2D eigenvalue weighted by atomic mass is 16.5. The summed E-state index contributed by atoms with van der Waals surface area (Å²) in [6, 6.07) is 0. The average Bonchev–Trinajstić information content (AvgIpc) is 2.64. The van der Waals surface area contributed by atoms with Gasteiger partial charge in [0.25, 0.3) is 0 Å². The molecule has 0 radical (unpaired) electrons. The minimum atomic E-state index is -1.19. The number of hydrogen-bond acceptors (Lipinski definition) is 2. The Bertz CT molecular complexity index is 386. The van der Waals surface area contributed by atoms with Gasteiger partial charge in [-0.05, 0) is 31.8 Å². The third-order valence-corrected chi connectivity index (χ3v) is 4.45. The lowest BCUT2D eigenvalue weighted by Gasteiger charge is -2.41. The first kappa shape index (κ1) is 12.7. The highest BCUT2D eigenvalue weighted by molar-refractivity contribution is 5.26. The van der Waals surface area contributed by atoms with Gasteiger partial charge in [-0.1, -0.05) is 32.8 Å². The van der Waals surface area contributed by atoms with Gasteiger partial charge < -0.3 is 9.84 Å². The number of aliphatic hydroxyl groups is 1. The monoisotopic (exact) mass is 234 g/mol. The first-order valence-electron chi connectivity index (χ1n) is 6.31. The molecule has 2 aliphatic rings. The van der Waals surface area contributed by atoms with Crippen LogP contribution in [0.2, 0.25) is 0 Å². The maximum absolute atomic E-state index is 9.89. The molecule has 1 N–H and O–H groups in total. The average molecular weight is 234 g/mol. The molecule has 17 heavy (non-hydrogen) atoms. The number of rotatable bonds is 2. The molecule has 2 nitrogen and oxygen atoms in total. The molecule has 94 valence electrons. The van der Waals surface area contributed by atoms with E-state index in [2.05, 4.69) is 26.7 Å². The van der Waals surface area contributed by atoms with Crippen LogP contribution in [0, 0.1) is 23.7 Å². The molecule has 0 aromatic heterocycles. The predicted octanol–water partition coefficient (Wildman–Crippen LogP) is 2.52. The highest BCUT2D eigenvalue weighted by Crippen LogP contribution is 2.58. The maximum Gasteiger partial charge on any atom is 0.141 e. The number of hydrogen-bond donors (Lipinski definition) is 1. The Morgan fingerprint density at radius 3 is 2.65 bits per heavy atom. The van der Waals surface area contributed by atoms with Crippen molar-refractivity contribution in [2.45, 2.75) is 57.8 Å². The Labute approximate surface area is 104 Å². The van der Waals surface area contributed by atoms with Crippen LogP contribution in [0.1, 0.15) is 40.5 Å². The molecule has 2 fully saturated rings. The van der Waals surface area contributed by atoms with Gasteiger partial charge in [0, 0.05) is 5.41 Å². The largest absolute Gasteiger partial charge is 0.374 e.